The standard InChI is InChI=1S/C14H14FNO3/c1-9(17)4-2-3-7-16-12-6-5-10(15)8-11(12)13(18)14(16)19/h5-6,8H,2-4,7H2,1H3. The molecule has 1 amide bonds. The summed E-state index contributed by atoms with van der Waals surface area (Å²) in [6.45, 7) is 1.89. The van der Waals surface area contributed by atoms with Crippen LogP contribution in [0.1, 0.15) is 36.5 Å². The van der Waals surface area contributed by atoms with Crippen LogP contribution in [0.3, 0.4) is 0 Å². The first kappa shape index (κ1) is 13.4. The highest BCUT2D eigenvalue weighted by Crippen LogP contribution is 2.29. The molecule has 0 atom stereocenters. The van der Waals surface area contributed by atoms with Crippen molar-refractivity contribution < 1.29 is 18.8 Å². The lowest BCUT2D eigenvalue weighted by atomic mass is 10.1. The van der Waals surface area contributed by atoms with Gasteiger partial charge in [0.05, 0.1) is 11.3 Å². The summed E-state index contributed by atoms with van der Waals surface area (Å²) in [4.78, 5) is 35.7. The van der Waals surface area contributed by atoms with Crippen LogP contribution in [0.4, 0.5) is 10.1 Å². The van der Waals surface area contributed by atoms with E-state index in [4.69, 9.17) is 0 Å². The van der Waals surface area contributed by atoms with E-state index in [0.717, 1.165) is 6.07 Å². The van der Waals surface area contributed by atoms with Crippen molar-refractivity contribution in [2.24, 2.45) is 0 Å². The first-order valence-electron chi connectivity index (χ1n) is 6.16. The molecule has 0 saturated heterocycles. The second-order valence-corrected chi connectivity index (χ2v) is 4.61. The molecule has 1 aliphatic heterocycles. The highest BCUT2D eigenvalue weighted by atomic mass is 19.1. The second-order valence-electron chi connectivity index (χ2n) is 4.61. The van der Waals surface area contributed by atoms with Gasteiger partial charge in [0, 0.05) is 13.0 Å². The molecule has 5 heteroatoms. The highest BCUT2D eigenvalue weighted by molar-refractivity contribution is 6.52. The summed E-state index contributed by atoms with van der Waals surface area (Å²) in [5, 5.41) is 0. The predicted octanol–water partition coefficient (Wildman–Crippen LogP) is 2.11. The van der Waals surface area contributed by atoms with E-state index in [1.165, 1.54) is 24.0 Å². The first-order valence-corrected chi connectivity index (χ1v) is 6.16. The third kappa shape index (κ3) is 2.70. The molecule has 0 unspecified atom stereocenters. The number of hydrogen-bond donors (Lipinski definition) is 0. The van der Waals surface area contributed by atoms with Gasteiger partial charge in [0.15, 0.2) is 0 Å². The first-order chi connectivity index (χ1) is 9.00. The molecule has 0 aliphatic carbocycles. The molecule has 0 saturated carbocycles. The van der Waals surface area contributed by atoms with Gasteiger partial charge in [-0.05, 0) is 38.0 Å². The Morgan fingerprint density at radius 2 is 2.00 bits per heavy atom. The lowest BCUT2D eigenvalue weighted by molar-refractivity contribution is -0.117. The minimum absolute atomic E-state index is 0.103. The number of ketones is 2. The van der Waals surface area contributed by atoms with E-state index in [9.17, 15) is 18.8 Å². The quantitative estimate of drug-likeness (QED) is 0.604. The number of carbonyl (C=O) groups is 3. The third-order valence-electron chi connectivity index (χ3n) is 3.09. The van der Waals surface area contributed by atoms with Crippen LogP contribution >= 0.6 is 0 Å². The average molecular weight is 263 g/mol. The number of carbonyl (C=O) groups excluding carboxylic acids is 3. The normalized spacial score (nSPS) is 13.9. The molecule has 1 heterocycles. The molecule has 19 heavy (non-hydrogen) atoms. The number of unbranched alkanes of at least 4 members (excludes halogenated alkanes) is 1. The fourth-order valence-corrected chi connectivity index (χ4v) is 2.14. The van der Waals surface area contributed by atoms with Gasteiger partial charge >= 0.3 is 0 Å². The molecular weight excluding hydrogens is 249 g/mol. The zero-order valence-electron chi connectivity index (χ0n) is 10.6. The zero-order valence-corrected chi connectivity index (χ0v) is 10.6. The SMILES string of the molecule is CC(=O)CCCCN1C(=O)C(=O)c2cc(F)ccc21. The highest BCUT2D eigenvalue weighted by Gasteiger charge is 2.35. The number of anilines is 1. The van der Waals surface area contributed by atoms with Crippen molar-refractivity contribution in [2.45, 2.75) is 26.2 Å². The fraction of sp³-hybridized carbons (Fsp3) is 0.357. The molecule has 0 bridgehead atoms. The van der Waals surface area contributed by atoms with Crippen molar-refractivity contribution in [3.63, 3.8) is 0 Å². The lowest BCUT2D eigenvalue weighted by Gasteiger charge is -2.15. The van der Waals surface area contributed by atoms with Crippen LogP contribution in [0.15, 0.2) is 18.2 Å². The van der Waals surface area contributed by atoms with Gasteiger partial charge in [-0.15, -0.1) is 0 Å². The summed E-state index contributed by atoms with van der Waals surface area (Å²) in [6.07, 6.45) is 1.77. The van der Waals surface area contributed by atoms with E-state index in [0.29, 0.717) is 31.5 Å². The van der Waals surface area contributed by atoms with Crippen molar-refractivity contribution in [3.8, 4) is 0 Å². The van der Waals surface area contributed by atoms with Crippen LogP contribution in [0, 0.1) is 5.82 Å². The second kappa shape index (κ2) is 5.30. The number of nitrogens with zero attached hydrogens (tertiary/aromatic N) is 1. The van der Waals surface area contributed by atoms with Gasteiger partial charge in [-0.2, -0.15) is 0 Å². The van der Waals surface area contributed by atoms with Gasteiger partial charge in [0.1, 0.15) is 11.6 Å². The van der Waals surface area contributed by atoms with Crippen LogP contribution in [0.25, 0.3) is 0 Å². The van der Waals surface area contributed by atoms with Gasteiger partial charge in [-0.25, -0.2) is 4.39 Å². The molecule has 4 nitrogen and oxygen atoms in total. The molecule has 1 aromatic carbocycles. The summed E-state index contributed by atoms with van der Waals surface area (Å²) < 4.78 is 13.1. The lowest BCUT2D eigenvalue weighted by Crippen LogP contribution is -2.30. The molecule has 0 N–H and O–H groups in total. The summed E-state index contributed by atoms with van der Waals surface area (Å²) in [5.74, 6) is -1.71. The maximum absolute atomic E-state index is 13.1. The van der Waals surface area contributed by atoms with Crippen LogP contribution in [0.5, 0.6) is 0 Å². The zero-order chi connectivity index (χ0) is 14.0. The Kier molecular flexibility index (Phi) is 3.74. The molecule has 0 aromatic heterocycles. The summed E-state index contributed by atoms with van der Waals surface area (Å²) >= 11 is 0. The molecule has 1 aliphatic rings. The summed E-state index contributed by atoms with van der Waals surface area (Å²) in [6, 6.07) is 3.76. The number of rotatable bonds is 5. The number of halogens is 1. The Hall–Kier alpha value is -2.04. The smallest absolute Gasteiger partial charge is 0.299 e. The van der Waals surface area contributed by atoms with Crippen LogP contribution in [-0.4, -0.2) is 24.0 Å². The molecule has 0 radical (unpaired) electrons. The van der Waals surface area contributed by atoms with Crippen molar-refractivity contribution >= 4 is 23.2 Å². The monoisotopic (exact) mass is 263 g/mol. The fourth-order valence-electron chi connectivity index (χ4n) is 2.14. The number of amides is 1. The number of Topliss-reactive ketones (excluding diaryl/α,β-unsaturated/α-hetero) is 2. The van der Waals surface area contributed by atoms with Crippen molar-refractivity contribution in [3.05, 3.63) is 29.6 Å². The number of hydrogen-bond acceptors (Lipinski definition) is 3. The summed E-state index contributed by atoms with van der Waals surface area (Å²) in [5.41, 5.74) is 0.579. The molecule has 2 rings (SSSR count). The molecule has 0 spiro atoms. The minimum Gasteiger partial charge on any atom is -0.305 e. The van der Waals surface area contributed by atoms with E-state index >= 15 is 0 Å². The molecule has 0 fully saturated rings. The van der Waals surface area contributed by atoms with Gasteiger partial charge < -0.3 is 9.69 Å². The Labute approximate surface area is 110 Å². The van der Waals surface area contributed by atoms with Crippen LogP contribution < -0.4 is 4.90 Å². The van der Waals surface area contributed by atoms with E-state index in [2.05, 4.69) is 0 Å². The van der Waals surface area contributed by atoms with Crippen molar-refractivity contribution in [1.29, 1.82) is 0 Å². The molecular formula is C14H14FNO3. The Bertz CT molecular complexity index is 554. The third-order valence-corrected chi connectivity index (χ3v) is 3.09. The number of fused-ring (bicyclic) bond motifs is 1. The predicted molar refractivity (Wildman–Crippen MR) is 67.6 cm³/mol. The minimum atomic E-state index is -0.666. The van der Waals surface area contributed by atoms with Crippen molar-refractivity contribution in [1.82, 2.24) is 0 Å². The van der Waals surface area contributed by atoms with E-state index in [1.54, 1.807) is 0 Å². The Morgan fingerprint density at radius 1 is 1.26 bits per heavy atom. The van der Waals surface area contributed by atoms with Gasteiger partial charge in [-0.1, -0.05) is 0 Å². The van der Waals surface area contributed by atoms with Gasteiger partial charge in [0.25, 0.3) is 11.7 Å². The average Bonchev–Trinajstić information content (AvgIpc) is 2.59. The van der Waals surface area contributed by atoms with Gasteiger partial charge in [-0.3, -0.25) is 9.59 Å². The van der Waals surface area contributed by atoms with Crippen LogP contribution in [0.2, 0.25) is 0 Å². The van der Waals surface area contributed by atoms with Gasteiger partial charge in [0.2, 0.25) is 0 Å². The molecule has 1 aromatic rings. The Balaban J connectivity index is 2.08. The maximum atomic E-state index is 13.1. The van der Waals surface area contributed by atoms with E-state index in [-0.39, 0.29) is 11.3 Å². The van der Waals surface area contributed by atoms with E-state index < -0.39 is 17.5 Å². The van der Waals surface area contributed by atoms with Crippen LogP contribution in [-0.2, 0) is 9.59 Å². The number of benzene rings is 1. The topological polar surface area (TPSA) is 54.5 Å². The largest absolute Gasteiger partial charge is 0.305 e. The summed E-state index contributed by atoms with van der Waals surface area (Å²) in [7, 11) is 0. The molecule has 100 valence electrons. The maximum Gasteiger partial charge on any atom is 0.299 e. The van der Waals surface area contributed by atoms with Crippen molar-refractivity contribution in [2.75, 3.05) is 11.4 Å². The Morgan fingerprint density at radius 3 is 2.68 bits per heavy atom. The van der Waals surface area contributed by atoms with E-state index in [1.807, 2.05) is 0 Å².